The third-order valence-corrected chi connectivity index (χ3v) is 2.45. The minimum Gasteiger partial charge on any atom is -0.352 e. The van der Waals surface area contributed by atoms with Crippen molar-refractivity contribution in [1.82, 2.24) is 19.9 Å². The number of imidazole rings is 1. The molecule has 1 amide bonds. The Labute approximate surface area is 105 Å². The van der Waals surface area contributed by atoms with Gasteiger partial charge in [0.1, 0.15) is 12.1 Å². The van der Waals surface area contributed by atoms with E-state index in [1.807, 2.05) is 0 Å². The average Bonchev–Trinajstić information content (AvgIpc) is 2.93. The number of rotatable bonds is 5. The lowest BCUT2D eigenvalue weighted by Crippen LogP contribution is -2.26. The molecule has 0 radical (unpaired) electrons. The van der Waals surface area contributed by atoms with Crippen LogP contribution in [0, 0.1) is 0 Å². The molecule has 94 valence electrons. The summed E-state index contributed by atoms with van der Waals surface area (Å²) in [6.07, 6.45) is 7.45. The van der Waals surface area contributed by atoms with E-state index in [2.05, 4.69) is 15.3 Å². The Morgan fingerprint density at radius 1 is 1.44 bits per heavy atom. The first-order chi connectivity index (χ1) is 8.81. The number of carbonyl (C=O) groups excluding carboxylic acids is 1. The Kier molecular flexibility index (Phi) is 4.03. The fourth-order valence-electron chi connectivity index (χ4n) is 1.47. The van der Waals surface area contributed by atoms with Gasteiger partial charge >= 0.3 is 0 Å². The number of nitrogens with one attached hydrogen (secondary N) is 1. The summed E-state index contributed by atoms with van der Waals surface area (Å²) in [7, 11) is 0. The van der Waals surface area contributed by atoms with Gasteiger partial charge in [-0.05, 0) is 25.1 Å². The molecule has 0 aliphatic carbocycles. The molecule has 0 aliphatic heterocycles. The van der Waals surface area contributed by atoms with E-state index in [1.54, 1.807) is 41.6 Å². The molecule has 2 heterocycles. The van der Waals surface area contributed by atoms with Crippen LogP contribution in [0.5, 0.6) is 0 Å². The van der Waals surface area contributed by atoms with Crippen LogP contribution in [-0.2, 0) is 0 Å². The number of aromatic nitrogens is 3. The Morgan fingerprint density at radius 3 is 2.94 bits per heavy atom. The van der Waals surface area contributed by atoms with Crippen molar-refractivity contribution in [3.05, 3.63) is 42.6 Å². The summed E-state index contributed by atoms with van der Waals surface area (Å²) in [4.78, 5) is 19.9. The van der Waals surface area contributed by atoms with Gasteiger partial charge in [-0.1, -0.05) is 0 Å². The smallest absolute Gasteiger partial charge is 0.252 e. The molecular formula is C12H15N5O. The van der Waals surface area contributed by atoms with Crippen LogP contribution in [-0.4, -0.2) is 33.5 Å². The minimum absolute atomic E-state index is 0.131. The van der Waals surface area contributed by atoms with Gasteiger partial charge < -0.3 is 11.1 Å². The van der Waals surface area contributed by atoms with E-state index in [0.717, 1.165) is 12.2 Å². The van der Waals surface area contributed by atoms with Crippen molar-refractivity contribution in [2.45, 2.75) is 6.42 Å². The van der Waals surface area contributed by atoms with Crippen LogP contribution in [0.1, 0.15) is 16.8 Å². The van der Waals surface area contributed by atoms with Gasteiger partial charge in [0.15, 0.2) is 0 Å². The lowest BCUT2D eigenvalue weighted by Gasteiger charge is -2.05. The molecule has 0 bridgehead atoms. The fraction of sp³-hybridized carbons (Fsp3) is 0.250. The van der Waals surface area contributed by atoms with Crippen molar-refractivity contribution in [3.63, 3.8) is 0 Å². The third-order valence-electron chi connectivity index (χ3n) is 2.45. The molecule has 0 saturated carbocycles. The average molecular weight is 245 g/mol. The Bertz CT molecular complexity index is 492. The maximum absolute atomic E-state index is 11.7. The number of pyridine rings is 1. The molecule has 0 fully saturated rings. The highest BCUT2D eigenvalue weighted by Gasteiger charge is 2.05. The van der Waals surface area contributed by atoms with Gasteiger partial charge in [0.25, 0.3) is 5.91 Å². The van der Waals surface area contributed by atoms with Crippen LogP contribution in [0.4, 0.5) is 0 Å². The Balaban J connectivity index is 2.01. The van der Waals surface area contributed by atoms with Crippen molar-refractivity contribution < 1.29 is 4.79 Å². The van der Waals surface area contributed by atoms with Crippen molar-refractivity contribution in [2.75, 3.05) is 13.1 Å². The van der Waals surface area contributed by atoms with Crippen LogP contribution in [0.2, 0.25) is 0 Å². The summed E-state index contributed by atoms with van der Waals surface area (Å²) in [6, 6.07) is 3.51. The number of nitrogens with two attached hydrogens (primary N) is 1. The van der Waals surface area contributed by atoms with Gasteiger partial charge in [0.05, 0.1) is 5.56 Å². The van der Waals surface area contributed by atoms with Crippen molar-refractivity contribution in [2.24, 2.45) is 5.73 Å². The van der Waals surface area contributed by atoms with Gasteiger partial charge in [-0.15, -0.1) is 0 Å². The second kappa shape index (κ2) is 5.92. The molecule has 2 rings (SSSR count). The molecule has 2 aromatic rings. The number of nitrogens with zero attached hydrogens (tertiary/aromatic N) is 3. The van der Waals surface area contributed by atoms with Crippen LogP contribution in [0.15, 0.2) is 37.1 Å². The number of carbonyl (C=O) groups is 1. The molecule has 0 unspecified atom stereocenters. The zero-order valence-electron chi connectivity index (χ0n) is 9.91. The molecule has 0 spiro atoms. The molecule has 0 aliphatic rings. The van der Waals surface area contributed by atoms with Crippen molar-refractivity contribution in [1.29, 1.82) is 0 Å². The summed E-state index contributed by atoms with van der Waals surface area (Å²) in [5.74, 6) is 0.596. The number of hydrogen-bond acceptors (Lipinski definition) is 4. The van der Waals surface area contributed by atoms with Crippen LogP contribution >= 0.6 is 0 Å². The first-order valence-electron chi connectivity index (χ1n) is 5.74. The molecule has 6 nitrogen and oxygen atoms in total. The van der Waals surface area contributed by atoms with Gasteiger partial charge in [-0.3, -0.25) is 9.36 Å². The second-order valence-corrected chi connectivity index (χ2v) is 3.77. The lowest BCUT2D eigenvalue weighted by atomic mass is 10.2. The second-order valence-electron chi connectivity index (χ2n) is 3.77. The summed E-state index contributed by atoms with van der Waals surface area (Å²) in [6.45, 7) is 1.15. The quantitative estimate of drug-likeness (QED) is 0.744. The maximum Gasteiger partial charge on any atom is 0.252 e. The Hall–Kier alpha value is -2.21. The van der Waals surface area contributed by atoms with E-state index in [-0.39, 0.29) is 5.91 Å². The zero-order chi connectivity index (χ0) is 12.8. The molecule has 0 saturated heterocycles. The first-order valence-corrected chi connectivity index (χ1v) is 5.74. The van der Waals surface area contributed by atoms with Crippen molar-refractivity contribution >= 4 is 5.91 Å². The molecule has 0 atom stereocenters. The lowest BCUT2D eigenvalue weighted by molar-refractivity contribution is 0.0953. The predicted molar refractivity (Wildman–Crippen MR) is 67.4 cm³/mol. The highest BCUT2D eigenvalue weighted by atomic mass is 16.1. The molecule has 18 heavy (non-hydrogen) atoms. The number of amides is 1. The van der Waals surface area contributed by atoms with E-state index in [9.17, 15) is 4.79 Å². The highest BCUT2D eigenvalue weighted by molar-refractivity contribution is 5.93. The van der Waals surface area contributed by atoms with Gasteiger partial charge in [0.2, 0.25) is 0 Å². The van der Waals surface area contributed by atoms with Gasteiger partial charge in [-0.25, -0.2) is 9.97 Å². The molecule has 3 N–H and O–H groups in total. The Morgan fingerprint density at radius 2 is 2.33 bits per heavy atom. The van der Waals surface area contributed by atoms with Gasteiger partial charge in [-0.2, -0.15) is 0 Å². The number of hydrogen-bond donors (Lipinski definition) is 2. The normalized spacial score (nSPS) is 10.3. The first kappa shape index (κ1) is 12.3. The molecule has 0 aromatic carbocycles. The zero-order valence-corrected chi connectivity index (χ0v) is 9.91. The summed E-state index contributed by atoms with van der Waals surface area (Å²) >= 11 is 0. The molecule has 2 aromatic heterocycles. The molecular weight excluding hydrogens is 230 g/mol. The minimum atomic E-state index is -0.131. The van der Waals surface area contributed by atoms with Crippen LogP contribution in [0.3, 0.4) is 0 Å². The van der Waals surface area contributed by atoms with E-state index in [1.165, 1.54) is 0 Å². The molecule has 6 heteroatoms. The monoisotopic (exact) mass is 245 g/mol. The van der Waals surface area contributed by atoms with Crippen molar-refractivity contribution in [3.8, 4) is 5.82 Å². The van der Waals surface area contributed by atoms with E-state index in [0.29, 0.717) is 18.7 Å². The fourth-order valence-corrected chi connectivity index (χ4v) is 1.47. The van der Waals surface area contributed by atoms with E-state index < -0.39 is 0 Å². The highest BCUT2D eigenvalue weighted by Crippen LogP contribution is 2.05. The van der Waals surface area contributed by atoms with Gasteiger partial charge in [0, 0.05) is 25.1 Å². The van der Waals surface area contributed by atoms with E-state index >= 15 is 0 Å². The summed E-state index contributed by atoms with van der Waals surface area (Å²) in [5, 5.41) is 2.78. The standard InChI is InChI=1S/C12H15N5O/c13-4-1-5-15-12(18)10-2-3-11(16-8-10)17-7-6-14-9-17/h2-3,6-9H,1,4-5,13H2,(H,15,18). The predicted octanol–water partition coefficient (Wildman–Crippen LogP) is 0.346. The van der Waals surface area contributed by atoms with Crippen LogP contribution in [0.25, 0.3) is 5.82 Å². The topological polar surface area (TPSA) is 85.8 Å². The third kappa shape index (κ3) is 2.92. The summed E-state index contributed by atoms with van der Waals surface area (Å²) < 4.78 is 1.77. The van der Waals surface area contributed by atoms with Crippen LogP contribution < -0.4 is 11.1 Å². The largest absolute Gasteiger partial charge is 0.352 e. The van der Waals surface area contributed by atoms with E-state index in [4.69, 9.17) is 5.73 Å². The maximum atomic E-state index is 11.7. The SMILES string of the molecule is NCCCNC(=O)c1ccc(-n2ccnc2)nc1. The summed E-state index contributed by atoms with van der Waals surface area (Å²) in [5.41, 5.74) is 5.89.